The van der Waals surface area contributed by atoms with Gasteiger partial charge in [-0.1, -0.05) is 59.3 Å². The molecule has 1 saturated heterocycles. The standard InChI is InChI=1S/C31H48O3/c1-24(2)13-10-16-27(5)18-11-17-25(3)14-8-9-15-26(4)19-12-20-29-21-22-30(34-23-29)28(6)31(32)33-7/h13-15,18,20,30H,6,8-12,16-17,19,21-23H2,1-5,7H3/b25-14+,26-15+,27-18+,29-20-. The zero-order valence-electron chi connectivity index (χ0n) is 22.7. The number of unbranched alkanes of at least 4 members (excludes halogenated alkanes) is 1. The highest BCUT2D eigenvalue weighted by molar-refractivity contribution is 5.88. The number of hydrogen-bond acceptors (Lipinski definition) is 3. The zero-order chi connectivity index (χ0) is 25.3. The molecule has 0 spiro atoms. The van der Waals surface area contributed by atoms with Crippen molar-refractivity contribution in [2.45, 2.75) is 105 Å². The number of allylic oxidation sites excluding steroid dienone is 9. The van der Waals surface area contributed by atoms with E-state index < -0.39 is 0 Å². The SMILES string of the molecule is C=C(C(=O)OC)C1CC/C(=C/CC/C(C)=C/CC/C=C(\C)CC/C=C(\C)CCC=C(C)C)CO1. The lowest BCUT2D eigenvalue weighted by atomic mass is 9.98. The molecule has 1 aliphatic rings. The van der Waals surface area contributed by atoms with E-state index in [0.717, 1.165) is 57.8 Å². The van der Waals surface area contributed by atoms with Crippen molar-refractivity contribution in [3.63, 3.8) is 0 Å². The molecule has 0 aliphatic carbocycles. The number of methoxy groups -OCH3 is 1. The molecule has 34 heavy (non-hydrogen) atoms. The quantitative estimate of drug-likeness (QED) is 0.111. The number of hydrogen-bond donors (Lipinski definition) is 0. The van der Waals surface area contributed by atoms with Gasteiger partial charge in [-0.2, -0.15) is 0 Å². The number of carbonyl (C=O) groups excluding carboxylic acids is 1. The van der Waals surface area contributed by atoms with Gasteiger partial charge in [0.15, 0.2) is 0 Å². The summed E-state index contributed by atoms with van der Waals surface area (Å²) in [6.07, 6.45) is 22.3. The molecule has 1 aliphatic heterocycles. The van der Waals surface area contributed by atoms with E-state index >= 15 is 0 Å². The van der Waals surface area contributed by atoms with Crippen LogP contribution < -0.4 is 0 Å². The minimum atomic E-state index is -0.374. The second-order valence-corrected chi connectivity index (χ2v) is 9.84. The van der Waals surface area contributed by atoms with Crippen molar-refractivity contribution >= 4 is 5.97 Å². The molecule has 1 rings (SSSR count). The fraction of sp³-hybridized carbons (Fsp3) is 0.581. The van der Waals surface area contributed by atoms with E-state index in [2.05, 4.69) is 71.6 Å². The molecule has 0 aromatic rings. The lowest BCUT2D eigenvalue weighted by Gasteiger charge is -2.25. The highest BCUT2D eigenvalue weighted by Crippen LogP contribution is 2.24. The summed E-state index contributed by atoms with van der Waals surface area (Å²) < 4.78 is 10.5. The number of esters is 1. The van der Waals surface area contributed by atoms with Gasteiger partial charge in [0.05, 0.1) is 25.4 Å². The molecule has 0 aromatic carbocycles. The van der Waals surface area contributed by atoms with E-state index in [1.165, 1.54) is 41.4 Å². The second kappa shape index (κ2) is 17.3. The van der Waals surface area contributed by atoms with Crippen LogP contribution in [-0.4, -0.2) is 25.8 Å². The fourth-order valence-corrected chi connectivity index (χ4v) is 3.98. The highest BCUT2D eigenvalue weighted by Gasteiger charge is 2.24. The predicted molar refractivity (Wildman–Crippen MR) is 146 cm³/mol. The van der Waals surface area contributed by atoms with Crippen LogP contribution in [0.1, 0.15) is 98.8 Å². The third-order valence-electron chi connectivity index (χ3n) is 6.28. The van der Waals surface area contributed by atoms with Gasteiger partial charge in [0.25, 0.3) is 0 Å². The molecule has 190 valence electrons. The van der Waals surface area contributed by atoms with Gasteiger partial charge in [-0.15, -0.1) is 0 Å². The Labute approximate surface area is 209 Å². The summed E-state index contributed by atoms with van der Waals surface area (Å²) in [5.74, 6) is -0.374. The van der Waals surface area contributed by atoms with Crippen LogP contribution in [-0.2, 0) is 14.3 Å². The molecule has 1 atom stereocenters. The Kier molecular flexibility index (Phi) is 15.2. The van der Waals surface area contributed by atoms with Crippen LogP contribution in [0.15, 0.2) is 70.4 Å². The average Bonchev–Trinajstić information content (AvgIpc) is 2.81. The first-order valence-electron chi connectivity index (χ1n) is 12.9. The third kappa shape index (κ3) is 13.5. The van der Waals surface area contributed by atoms with E-state index in [-0.39, 0.29) is 12.1 Å². The summed E-state index contributed by atoms with van der Waals surface area (Å²) in [5.41, 5.74) is 7.60. The summed E-state index contributed by atoms with van der Waals surface area (Å²) in [7, 11) is 1.38. The zero-order valence-corrected chi connectivity index (χ0v) is 22.7. The molecule has 0 bridgehead atoms. The Morgan fingerprint density at radius 2 is 1.41 bits per heavy atom. The van der Waals surface area contributed by atoms with Crippen LogP contribution in [0.3, 0.4) is 0 Å². The number of carbonyl (C=O) groups is 1. The van der Waals surface area contributed by atoms with Crippen molar-refractivity contribution in [2.24, 2.45) is 0 Å². The molecule has 1 unspecified atom stereocenters. The van der Waals surface area contributed by atoms with E-state index in [1.54, 1.807) is 0 Å². The van der Waals surface area contributed by atoms with Gasteiger partial charge in [0.2, 0.25) is 0 Å². The van der Waals surface area contributed by atoms with Gasteiger partial charge in [0, 0.05) is 0 Å². The summed E-state index contributed by atoms with van der Waals surface area (Å²) >= 11 is 0. The first-order chi connectivity index (χ1) is 16.2. The lowest BCUT2D eigenvalue weighted by molar-refractivity contribution is -0.137. The molecule has 0 N–H and O–H groups in total. The normalized spacial score (nSPS) is 18.7. The van der Waals surface area contributed by atoms with Crippen molar-refractivity contribution in [3.8, 4) is 0 Å². The molecule has 0 saturated carbocycles. The Balaban J connectivity index is 2.24. The molecule has 0 aromatic heterocycles. The van der Waals surface area contributed by atoms with E-state index in [9.17, 15) is 4.79 Å². The van der Waals surface area contributed by atoms with Gasteiger partial charge in [-0.05, 0) is 104 Å². The maximum absolute atomic E-state index is 11.6. The van der Waals surface area contributed by atoms with E-state index in [0.29, 0.717) is 12.2 Å². The first kappa shape index (κ1) is 29.9. The van der Waals surface area contributed by atoms with Gasteiger partial charge in [-0.3, -0.25) is 0 Å². The van der Waals surface area contributed by atoms with Crippen LogP contribution in [0.25, 0.3) is 0 Å². The lowest BCUT2D eigenvalue weighted by Crippen LogP contribution is -2.26. The molecule has 1 heterocycles. The molecular formula is C31H48O3. The minimum absolute atomic E-state index is 0.213. The average molecular weight is 469 g/mol. The Hall–Kier alpha value is -2.13. The smallest absolute Gasteiger partial charge is 0.335 e. The van der Waals surface area contributed by atoms with Crippen LogP contribution >= 0.6 is 0 Å². The van der Waals surface area contributed by atoms with Crippen LogP contribution in [0.2, 0.25) is 0 Å². The Morgan fingerprint density at radius 1 is 0.882 bits per heavy atom. The Morgan fingerprint density at radius 3 is 1.91 bits per heavy atom. The first-order valence-corrected chi connectivity index (χ1v) is 12.9. The van der Waals surface area contributed by atoms with Crippen molar-refractivity contribution in [2.75, 3.05) is 13.7 Å². The van der Waals surface area contributed by atoms with Gasteiger partial charge < -0.3 is 9.47 Å². The van der Waals surface area contributed by atoms with Crippen molar-refractivity contribution in [3.05, 3.63) is 70.4 Å². The van der Waals surface area contributed by atoms with Crippen LogP contribution in [0, 0.1) is 0 Å². The molecule has 0 amide bonds. The summed E-state index contributed by atoms with van der Waals surface area (Å²) in [6, 6.07) is 0. The summed E-state index contributed by atoms with van der Waals surface area (Å²) in [4.78, 5) is 11.6. The molecule has 1 fully saturated rings. The minimum Gasteiger partial charge on any atom is -0.466 e. The van der Waals surface area contributed by atoms with Crippen LogP contribution in [0.4, 0.5) is 0 Å². The largest absolute Gasteiger partial charge is 0.466 e. The number of ether oxygens (including phenoxy) is 2. The van der Waals surface area contributed by atoms with Crippen molar-refractivity contribution < 1.29 is 14.3 Å². The maximum Gasteiger partial charge on any atom is 0.335 e. The number of rotatable bonds is 14. The van der Waals surface area contributed by atoms with E-state index in [4.69, 9.17) is 9.47 Å². The fourth-order valence-electron chi connectivity index (χ4n) is 3.98. The molecular weight excluding hydrogens is 420 g/mol. The van der Waals surface area contributed by atoms with Crippen molar-refractivity contribution in [1.82, 2.24) is 0 Å². The van der Waals surface area contributed by atoms with E-state index in [1.807, 2.05) is 0 Å². The molecule has 0 radical (unpaired) electrons. The topological polar surface area (TPSA) is 35.5 Å². The Bertz CT molecular complexity index is 791. The van der Waals surface area contributed by atoms with Gasteiger partial charge >= 0.3 is 5.97 Å². The summed E-state index contributed by atoms with van der Waals surface area (Å²) in [5, 5.41) is 0. The molecule has 3 heteroatoms. The van der Waals surface area contributed by atoms with Crippen LogP contribution in [0.5, 0.6) is 0 Å². The highest BCUT2D eigenvalue weighted by atomic mass is 16.5. The maximum atomic E-state index is 11.6. The summed E-state index contributed by atoms with van der Waals surface area (Å²) in [6.45, 7) is 15.5. The second-order valence-electron chi connectivity index (χ2n) is 9.84. The van der Waals surface area contributed by atoms with Gasteiger partial charge in [0.1, 0.15) is 0 Å². The van der Waals surface area contributed by atoms with Gasteiger partial charge in [-0.25, -0.2) is 4.79 Å². The van der Waals surface area contributed by atoms with Crippen molar-refractivity contribution in [1.29, 1.82) is 0 Å². The monoisotopic (exact) mass is 468 g/mol. The third-order valence-corrected chi connectivity index (χ3v) is 6.28. The predicted octanol–water partition coefficient (Wildman–Crippen LogP) is 8.75. The molecule has 3 nitrogen and oxygen atoms in total.